The quantitative estimate of drug-likeness (QED) is 0.851. The van der Waals surface area contributed by atoms with Crippen LogP contribution in [0.2, 0.25) is 0 Å². The second-order valence-electron chi connectivity index (χ2n) is 3.73. The number of nitrogens with zero attached hydrogens (tertiary/aromatic N) is 2. The molecule has 2 aromatic rings. The van der Waals surface area contributed by atoms with Crippen molar-refractivity contribution >= 4 is 33.2 Å². The normalized spacial score (nSPS) is 10.5. The third-order valence-electron chi connectivity index (χ3n) is 2.27. The van der Waals surface area contributed by atoms with E-state index >= 15 is 0 Å². The fourth-order valence-corrected chi connectivity index (χ4v) is 2.97. The first-order valence-electron chi connectivity index (χ1n) is 5.30. The van der Waals surface area contributed by atoms with Gasteiger partial charge < -0.3 is 9.88 Å². The zero-order chi connectivity index (χ0) is 12.3. The Balaban J connectivity index is 2.05. The molecular weight excluding hydrogens is 298 g/mol. The largest absolute Gasteiger partial charge is 0.351 e. The lowest BCUT2D eigenvalue weighted by molar-refractivity contribution is 0.820. The van der Waals surface area contributed by atoms with Crippen LogP contribution in [0.3, 0.4) is 0 Å². The van der Waals surface area contributed by atoms with E-state index in [1.54, 1.807) is 11.3 Å². The summed E-state index contributed by atoms with van der Waals surface area (Å²) in [5.74, 6) is 0.895. The van der Waals surface area contributed by atoms with Gasteiger partial charge >= 0.3 is 0 Å². The van der Waals surface area contributed by atoms with Crippen molar-refractivity contribution in [3.63, 3.8) is 0 Å². The molecule has 0 bridgehead atoms. The van der Waals surface area contributed by atoms with E-state index in [0.717, 1.165) is 29.2 Å². The topological polar surface area (TPSA) is 29.9 Å². The van der Waals surface area contributed by atoms with E-state index in [4.69, 9.17) is 0 Å². The minimum Gasteiger partial charge on any atom is -0.351 e. The van der Waals surface area contributed by atoms with Crippen LogP contribution < -0.4 is 5.32 Å². The summed E-state index contributed by atoms with van der Waals surface area (Å²) in [5.41, 5.74) is 1.02. The molecule has 17 heavy (non-hydrogen) atoms. The number of rotatable bonds is 5. The molecule has 0 saturated heterocycles. The van der Waals surface area contributed by atoms with Crippen molar-refractivity contribution in [2.45, 2.75) is 20.0 Å². The van der Waals surface area contributed by atoms with E-state index in [1.165, 1.54) is 4.88 Å². The van der Waals surface area contributed by atoms with Crippen LogP contribution in [0.15, 0.2) is 34.8 Å². The third-order valence-corrected chi connectivity index (χ3v) is 3.96. The van der Waals surface area contributed by atoms with Crippen molar-refractivity contribution in [3.05, 3.63) is 45.3 Å². The summed E-state index contributed by atoms with van der Waals surface area (Å²) >= 11 is 5.18. The summed E-state index contributed by atoms with van der Waals surface area (Å²) in [6.45, 7) is 7.31. The molecule has 0 aliphatic rings. The van der Waals surface area contributed by atoms with Gasteiger partial charge in [0.15, 0.2) is 0 Å². The average molecular weight is 312 g/mol. The van der Waals surface area contributed by atoms with Gasteiger partial charge in [-0.25, -0.2) is 4.98 Å². The first-order chi connectivity index (χ1) is 8.19. The van der Waals surface area contributed by atoms with Crippen LogP contribution in [0.1, 0.15) is 10.6 Å². The molecule has 0 radical (unpaired) electrons. The van der Waals surface area contributed by atoms with E-state index in [0.29, 0.717) is 0 Å². The number of allylic oxidation sites excluding steroid dienone is 1. The summed E-state index contributed by atoms with van der Waals surface area (Å²) in [6, 6.07) is 2.12. The highest BCUT2D eigenvalue weighted by molar-refractivity contribution is 9.10. The van der Waals surface area contributed by atoms with Gasteiger partial charge in [-0.3, -0.25) is 0 Å². The lowest BCUT2D eigenvalue weighted by Crippen LogP contribution is -2.05. The molecule has 0 spiro atoms. The molecule has 3 nitrogen and oxygen atoms in total. The second kappa shape index (κ2) is 5.51. The highest BCUT2D eigenvalue weighted by Gasteiger charge is 2.04. The highest BCUT2D eigenvalue weighted by atomic mass is 79.9. The zero-order valence-electron chi connectivity index (χ0n) is 9.61. The highest BCUT2D eigenvalue weighted by Crippen LogP contribution is 2.20. The van der Waals surface area contributed by atoms with Gasteiger partial charge in [0.2, 0.25) is 5.95 Å². The van der Waals surface area contributed by atoms with Gasteiger partial charge in [-0.15, -0.1) is 17.9 Å². The van der Waals surface area contributed by atoms with Crippen molar-refractivity contribution < 1.29 is 0 Å². The maximum atomic E-state index is 4.45. The summed E-state index contributed by atoms with van der Waals surface area (Å²) in [5, 5.41) is 5.42. The summed E-state index contributed by atoms with van der Waals surface area (Å²) in [6.07, 6.45) is 3.89. The van der Waals surface area contributed by atoms with Gasteiger partial charge in [-0.05, 0) is 28.9 Å². The molecule has 0 aliphatic heterocycles. The number of hydrogen-bond acceptors (Lipinski definition) is 3. The Labute approximate surface area is 113 Å². The molecule has 90 valence electrons. The number of nitrogens with one attached hydrogen (secondary N) is 1. The van der Waals surface area contributed by atoms with Crippen LogP contribution in [0.4, 0.5) is 5.95 Å². The summed E-state index contributed by atoms with van der Waals surface area (Å²) < 4.78 is 3.19. The van der Waals surface area contributed by atoms with Crippen LogP contribution in [0, 0.1) is 6.92 Å². The molecule has 0 atom stereocenters. The maximum Gasteiger partial charge on any atom is 0.203 e. The monoisotopic (exact) mass is 311 g/mol. The Morgan fingerprint density at radius 1 is 1.65 bits per heavy atom. The number of aromatic nitrogens is 2. The van der Waals surface area contributed by atoms with Crippen LogP contribution in [0.5, 0.6) is 0 Å². The predicted molar refractivity (Wildman–Crippen MR) is 76.5 cm³/mol. The van der Waals surface area contributed by atoms with E-state index in [1.807, 2.05) is 19.2 Å². The lowest BCUT2D eigenvalue weighted by Gasteiger charge is -2.06. The van der Waals surface area contributed by atoms with E-state index in [9.17, 15) is 0 Å². The maximum absolute atomic E-state index is 4.45. The Hall–Kier alpha value is -1.07. The lowest BCUT2D eigenvalue weighted by atomic mass is 10.5. The zero-order valence-corrected chi connectivity index (χ0v) is 12.0. The minimum atomic E-state index is 0.775. The molecule has 2 aromatic heterocycles. The number of anilines is 1. The molecule has 0 saturated carbocycles. The molecule has 0 unspecified atom stereocenters. The Kier molecular flexibility index (Phi) is 4.02. The molecule has 0 fully saturated rings. The van der Waals surface area contributed by atoms with Crippen molar-refractivity contribution in [1.29, 1.82) is 0 Å². The molecule has 0 amide bonds. The summed E-state index contributed by atoms with van der Waals surface area (Å²) in [4.78, 5) is 5.73. The van der Waals surface area contributed by atoms with Crippen molar-refractivity contribution in [2.75, 3.05) is 5.32 Å². The molecule has 0 aromatic carbocycles. The van der Waals surface area contributed by atoms with Crippen LogP contribution in [-0.2, 0) is 13.1 Å². The number of aryl methyl sites for hydroxylation is 1. The molecule has 2 heterocycles. The predicted octanol–water partition coefficient (Wildman–Crippen LogP) is 3.81. The number of thiophene rings is 1. The second-order valence-corrected chi connectivity index (χ2v) is 5.64. The Morgan fingerprint density at radius 3 is 3.12 bits per heavy atom. The van der Waals surface area contributed by atoms with Crippen molar-refractivity contribution in [1.82, 2.24) is 9.55 Å². The average Bonchev–Trinajstić information content (AvgIpc) is 2.83. The van der Waals surface area contributed by atoms with E-state index in [-0.39, 0.29) is 0 Å². The van der Waals surface area contributed by atoms with Gasteiger partial charge in [-0.2, -0.15) is 0 Å². The van der Waals surface area contributed by atoms with Gasteiger partial charge in [0.25, 0.3) is 0 Å². The Bertz CT molecular complexity index is 516. The van der Waals surface area contributed by atoms with E-state index < -0.39 is 0 Å². The molecule has 2 rings (SSSR count). The molecule has 0 aliphatic carbocycles. The van der Waals surface area contributed by atoms with Gasteiger partial charge in [0, 0.05) is 27.5 Å². The van der Waals surface area contributed by atoms with Crippen LogP contribution in [-0.4, -0.2) is 9.55 Å². The van der Waals surface area contributed by atoms with E-state index in [2.05, 4.69) is 48.8 Å². The van der Waals surface area contributed by atoms with Crippen LogP contribution in [0.25, 0.3) is 0 Å². The summed E-state index contributed by atoms with van der Waals surface area (Å²) in [7, 11) is 0. The fraction of sp³-hybridized carbons (Fsp3) is 0.250. The van der Waals surface area contributed by atoms with Crippen molar-refractivity contribution in [3.8, 4) is 0 Å². The first kappa shape index (κ1) is 12.4. The van der Waals surface area contributed by atoms with Gasteiger partial charge in [0.05, 0.1) is 12.2 Å². The Morgan fingerprint density at radius 2 is 2.47 bits per heavy atom. The van der Waals surface area contributed by atoms with Gasteiger partial charge in [0.1, 0.15) is 0 Å². The number of halogens is 1. The SMILES string of the molecule is C=CCn1cc(C)nc1NCc1cc(Br)cs1. The fourth-order valence-electron chi connectivity index (χ4n) is 1.58. The first-order valence-corrected chi connectivity index (χ1v) is 6.98. The third kappa shape index (κ3) is 3.20. The molecule has 5 heteroatoms. The van der Waals surface area contributed by atoms with Crippen molar-refractivity contribution in [2.24, 2.45) is 0 Å². The smallest absolute Gasteiger partial charge is 0.203 e. The number of hydrogen-bond donors (Lipinski definition) is 1. The molecular formula is C12H14BrN3S. The van der Waals surface area contributed by atoms with Crippen LogP contribution >= 0.6 is 27.3 Å². The number of imidazole rings is 1. The minimum absolute atomic E-state index is 0.775. The molecule has 1 N–H and O–H groups in total. The van der Waals surface area contributed by atoms with Gasteiger partial charge in [-0.1, -0.05) is 6.08 Å². The standard InChI is InChI=1S/C12H14BrN3S/c1-3-4-16-7-9(2)15-12(16)14-6-11-5-10(13)8-17-11/h3,5,7-8H,1,4,6H2,2H3,(H,14,15).